The summed E-state index contributed by atoms with van der Waals surface area (Å²) in [4.78, 5) is 25.1. The predicted molar refractivity (Wildman–Crippen MR) is 134 cm³/mol. The molecule has 0 unspecified atom stereocenters. The number of carbonyl (C=O) groups is 2. The zero-order chi connectivity index (χ0) is 24.7. The van der Waals surface area contributed by atoms with Crippen LogP contribution in [0.5, 0.6) is 5.75 Å². The Morgan fingerprint density at radius 3 is 2.35 bits per heavy atom. The average Bonchev–Trinajstić information content (AvgIpc) is 3.23. The zero-order valence-electron chi connectivity index (χ0n) is 20.2. The van der Waals surface area contributed by atoms with Gasteiger partial charge in [0.1, 0.15) is 5.75 Å². The van der Waals surface area contributed by atoms with Gasteiger partial charge in [0.05, 0.1) is 25.3 Å². The van der Waals surface area contributed by atoms with E-state index < -0.39 is 0 Å². The Kier molecular flexibility index (Phi) is 8.70. The molecule has 0 aliphatic rings. The van der Waals surface area contributed by atoms with Crippen LogP contribution in [-0.2, 0) is 22.6 Å². The monoisotopic (exact) mass is 481 g/mol. The van der Waals surface area contributed by atoms with Crippen molar-refractivity contribution in [2.75, 3.05) is 18.2 Å². The number of ether oxygens (including phenoxy) is 1. The van der Waals surface area contributed by atoms with Gasteiger partial charge in [0.25, 0.3) is 0 Å². The number of nitrogens with zero attached hydrogens (tertiary/aromatic N) is 3. The summed E-state index contributed by atoms with van der Waals surface area (Å²) >= 11 is 1.33. The van der Waals surface area contributed by atoms with Crippen LogP contribution in [0.1, 0.15) is 42.4 Å². The summed E-state index contributed by atoms with van der Waals surface area (Å²) in [5, 5.41) is 15.2. The highest BCUT2D eigenvalue weighted by Crippen LogP contribution is 2.23. The molecule has 2 aromatic carbocycles. The van der Waals surface area contributed by atoms with Crippen molar-refractivity contribution < 1.29 is 14.3 Å². The van der Waals surface area contributed by atoms with Gasteiger partial charge in [0.2, 0.25) is 11.8 Å². The molecule has 3 aromatic rings. The second kappa shape index (κ2) is 11.7. The van der Waals surface area contributed by atoms with Crippen molar-refractivity contribution in [3.63, 3.8) is 0 Å². The summed E-state index contributed by atoms with van der Waals surface area (Å²) in [6.07, 6.45) is 0.259. The highest BCUT2D eigenvalue weighted by Gasteiger charge is 2.20. The van der Waals surface area contributed by atoms with E-state index >= 15 is 0 Å². The van der Waals surface area contributed by atoms with E-state index in [1.165, 1.54) is 11.8 Å². The number of rotatable bonds is 10. The number of hydrogen-bond acceptors (Lipinski definition) is 6. The minimum Gasteiger partial charge on any atom is -0.497 e. The van der Waals surface area contributed by atoms with E-state index in [0.717, 1.165) is 28.1 Å². The molecule has 0 spiro atoms. The fourth-order valence-electron chi connectivity index (χ4n) is 3.63. The first-order chi connectivity index (χ1) is 16.3. The summed E-state index contributed by atoms with van der Waals surface area (Å²) in [7, 11) is 1.61. The van der Waals surface area contributed by atoms with Crippen molar-refractivity contribution in [3.05, 3.63) is 65.0 Å². The van der Waals surface area contributed by atoms with Gasteiger partial charge in [-0.05, 0) is 56.5 Å². The van der Waals surface area contributed by atoms with E-state index in [1.54, 1.807) is 7.11 Å². The second-order valence-electron chi connectivity index (χ2n) is 8.00. The second-order valence-corrected chi connectivity index (χ2v) is 8.95. The van der Waals surface area contributed by atoms with Crippen molar-refractivity contribution in [2.45, 2.75) is 51.9 Å². The molecule has 34 heavy (non-hydrogen) atoms. The third-order valence-electron chi connectivity index (χ3n) is 5.43. The number of amides is 2. The minimum atomic E-state index is -0.323. The molecule has 1 aromatic heterocycles. The number of hydrogen-bond donors (Lipinski definition) is 2. The number of aromatic nitrogens is 3. The van der Waals surface area contributed by atoms with Crippen molar-refractivity contribution >= 4 is 29.3 Å². The number of aryl methyl sites for hydroxylation is 2. The molecule has 0 fully saturated rings. The molecular formula is C25H31N5O3S. The van der Waals surface area contributed by atoms with E-state index in [-0.39, 0.29) is 30.0 Å². The van der Waals surface area contributed by atoms with Crippen LogP contribution in [0.25, 0.3) is 0 Å². The lowest BCUT2D eigenvalue weighted by molar-refractivity contribution is -0.121. The normalized spacial score (nSPS) is 11.7. The molecule has 0 aliphatic heterocycles. The largest absolute Gasteiger partial charge is 0.497 e. The van der Waals surface area contributed by atoms with Gasteiger partial charge < -0.3 is 19.9 Å². The number of thioether (sulfide) groups is 1. The van der Waals surface area contributed by atoms with Gasteiger partial charge in [-0.25, -0.2) is 0 Å². The molecular weight excluding hydrogens is 450 g/mol. The van der Waals surface area contributed by atoms with Crippen LogP contribution in [0.2, 0.25) is 0 Å². The molecule has 1 heterocycles. The Bertz CT molecular complexity index is 1120. The molecule has 3 rings (SSSR count). The summed E-state index contributed by atoms with van der Waals surface area (Å²) in [6, 6.07) is 13.0. The molecule has 0 saturated carbocycles. The smallest absolute Gasteiger partial charge is 0.234 e. The molecule has 8 nitrogen and oxygen atoms in total. The molecule has 2 N–H and O–H groups in total. The number of methoxy groups -OCH3 is 1. The van der Waals surface area contributed by atoms with Crippen molar-refractivity contribution in [3.8, 4) is 5.75 Å². The first-order valence-corrected chi connectivity index (χ1v) is 12.1. The third kappa shape index (κ3) is 6.38. The average molecular weight is 482 g/mol. The van der Waals surface area contributed by atoms with Gasteiger partial charge in [0, 0.05) is 12.2 Å². The lowest BCUT2D eigenvalue weighted by atomic mass is 10.1. The van der Waals surface area contributed by atoms with Crippen molar-refractivity contribution in [2.24, 2.45) is 0 Å². The molecule has 9 heteroatoms. The fraction of sp³-hybridized carbons (Fsp3) is 0.360. The quantitative estimate of drug-likeness (QED) is 0.424. The fourth-order valence-corrected chi connectivity index (χ4v) is 4.44. The summed E-state index contributed by atoms with van der Waals surface area (Å²) < 4.78 is 7.08. The van der Waals surface area contributed by atoms with Crippen molar-refractivity contribution in [1.29, 1.82) is 0 Å². The van der Waals surface area contributed by atoms with E-state index in [1.807, 2.05) is 74.7 Å². The van der Waals surface area contributed by atoms with Gasteiger partial charge >= 0.3 is 0 Å². The number of anilines is 1. The highest BCUT2D eigenvalue weighted by atomic mass is 32.2. The standard InChI is InChI=1S/C25H31N5O3S/c1-6-30-24(18(4)26-21(31)14-19-10-12-20(33-5)13-11-19)28-29-25(30)34-15-22(32)27-23-16(2)8-7-9-17(23)3/h7-13,18H,6,14-15H2,1-5H3,(H,26,31)(H,27,32)/t18-/m0/s1. The van der Waals surface area contributed by atoms with Crippen LogP contribution >= 0.6 is 11.8 Å². The molecule has 180 valence electrons. The Labute approximate surface area is 204 Å². The topological polar surface area (TPSA) is 98.1 Å². The maximum absolute atomic E-state index is 12.5. The van der Waals surface area contributed by atoms with Gasteiger partial charge in [-0.3, -0.25) is 9.59 Å². The third-order valence-corrected chi connectivity index (χ3v) is 6.39. The highest BCUT2D eigenvalue weighted by molar-refractivity contribution is 7.99. The lowest BCUT2D eigenvalue weighted by Crippen LogP contribution is -2.30. The van der Waals surface area contributed by atoms with Crippen LogP contribution < -0.4 is 15.4 Å². The SMILES string of the molecule is CCn1c(SCC(=O)Nc2c(C)cccc2C)nnc1[C@H](C)NC(=O)Cc1ccc(OC)cc1. The number of nitrogens with one attached hydrogen (secondary N) is 2. The van der Waals surface area contributed by atoms with Crippen LogP contribution in [0.4, 0.5) is 5.69 Å². The lowest BCUT2D eigenvalue weighted by Gasteiger charge is -2.15. The first kappa shape index (κ1) is 25.3. The van der Waals surface area contributed by atoms with Crippen LogP contribution in [-0.4, -0.2) is 39.4 Å². The minimum absolute atomic E-state index is 0.101. The molecule has 2 amide bonds. The summed E-state index contributed by atoms with van der Waals surface area (Å²) in [5.74, 6) is 1.41. The maximum Gasteiger partial charge on any atom is 0.234 e. The number of carbonyl (C=O) groups excluding carboxylic acids is 2. The summed E-state index contributed by atoms with van der Waals surface area (Å²) in [5.41, 5.74) is 3.79. The number of benzene rings is 2. The molecule has 0 bridgehead atoms. The maximum atomic E-state index is 12.5. The zero-order valence-corrected chi connectivity index (χ0v) is 21.0. The van der Waals surface area contributed by atoms with E-state index in [0.29, 0.717) is 17.5 Å². The Hall–Kier alpha value is -3.33. The Morgan fingerprint density at radius 2 is 1.74 bits per heavy atom. The van der Waals surface area contributed by atoms with Crippen molar-refractivity contribution in [1.82, 2.24) is 20.1 Å². The van der Waals surface area contributed by atoms with Crippen LogP contribution in [0.3, 0.4) is 0 Å². The molecule has 0 radical (unpaired) electrons. The van der Waals surface area contributed by atoms with Gasteiger partial charge in [-0.15, -0.1) is 10.2 Å². The Morgan fingerprint density at radius 1 is 1.06 bits per heavy atom. The summed E-state index contributed by atoms with van der Waals surface area (Å²) in [6.45, 7) is 8.44. The van der Waals surface area contributed by atoms with Crippen LogP contribution in [0, 0.1) is 13.8 Å². The van der Waals surface area contributed by atoms with E-state index in [2.05, 4.69) is 20.8 Å². The van der Waals surface area contributed by atoms with Gasteiger partial charge in [-0.1, -0.05) is 42.1 Å². The van der Waals surface area contributed by atoms with Gasteiger partial charge in [-0.2, -0.15) is 0 Å². The van der Waals surface area contributed by atoms with E-state index in [4.69, 9.17) is 4.74 Å². The first-order valence-electron chi connectivity index (χ1n) is 11.2. The van der Waals surface area contributed by atoms with Gasteiger partial charge in [0.15, 0.2) is 11.0 Å². The predicted octanol–water partition coefficient (Wildman–Crippen LogP) is 4.07. The van der Waals surface area contributed by atoms with Crippen LogP contribution in [0.15, 0.2) is 47.6 Å². The Balaban J connectivity index is 1.59. The molecule has 0 saturated heterocycles. The molecule has 1 atom stereocenters. The number of para-hydroxylation sites is 1. The van der Waals surface area contributed by atoms with E-state index in [9.17, 15) is 9.59 Å². The molecule has 0 aliphatic carbocycles.